The maximum Gasteiger partial charge on any atom is 0.207 e. The van der Waals surface area contributed by atoms with E-state index in [1.807, 2.05) is 27.7 Å². The molecule has 0 unspecified atom stereocenters. The number of primary sulfonamides is 1. The van der Waals surface area contributed by atoms with Gasteiger partial charge in [0.15, 0.2) is 0 Å². The van der Waals surface area contributed by atoms with E-state index in [-0.39, 0.29) is 58.1 Å². The van der Waals surface area contributed by atoms with E-state index >= 15 is 0 Å². The molecule has 0 aliphatic rings. The molecule has 0 amide bonds. The number of aromatic nitrogens is 3. The van der Waals surface area contributed by atoms with Crippen LogP contribution in [-0.2, 0) is 49.2 Å². The molecule has 2 aromatic heterocycles. The van der Waals surface area contributed by atoms with E-state index in [9.17, 15) is 8.42 Å². The molecule has 32 heavy (non-hydrogen) atoms. The van der Waals surface area contributed by atoms with Crippen LogP contribution in [0.2, 0.25) is 0 Å². The zero-order valence-electron chi connectivity index (χ0n) is 20.8. The number of aryl methyl sites for hydroxylation is 3. The molecule has 2 aromatic rings. The Labute approximate surface area is 223 Å². The minimum absolute atomic E-state index is 0. The van der Waals surface area contributed by atoms with Crippen molar-refractivity contribution in [3.05, 3.63) is 35.7 Å². The van der Waals surface area contributed by atoms with Crippen molar-refractivity contribution in [2.45, 2.75) is 83.1 Å². The van der Waals surface area contributed by atoms with E-state index in [4.69, 9.17) is 10.1 Å². The number of sulfonamides is 1. The van der Waals surface area contributed by atoms with Crippen LogP contribution in [0.1, 0.15) is 81.5 Å². The molecular weight excluding hydrogens is 497 g/mol. The summed E-state index contributed by atoms with van der Waals surface area (Å²) in [6.07, 6.45) is 0.854. The van der Waals surface area contributed by atoms with Crippen molar-refractivity contribution in [3.8, 4) is 0 Å². The maximum absolute atomic E-state index is 11.8. The quantitative estimate of drug-likeness (QED) is 0.449. The van der Waals surface area contributed by atoms with Gasteiger partial charge in [0.1, 0.15) is 5.82 Å². The zero-order chi connectivity index (χ0) is 23.3. The Morgan fingerprint density at radius 2 is 1.69 bits per heavy atom. The molecule has 0 fully saturated rings. The smallest absolute Gasteiger partial charge is 0.207 e. The molecule has 2 rings (SSSR count). The summed E-state index contributed by atoms with van der Waals surface area (Å²) in [7, 11) is -3.58. The van der Waals surface area contributed by atoms with Gasteiger partial charge < -0.3 is 10.5 Å². The van der Waals surface area contributed by atoms with Crippen LogP contribution >= 0.6 is 0 Å². The molecule has 2 N–H and O–H groups in total. The molecule has 0 aliphatic heterocycles. The molecule has 0 saturated heterocycles. The zero-order valence-corrected chi connectivity index (χ0v) is 24.4. The first-order chi connectivity index (χ1) is 13.4. The Morgan fingerprint density at radius 1 is 1.16 bits per heavy atom. The third kappa shape index (κ3) is 6.34. The summed E-state index contributed by atoms with van der Waals surface area (Å²) in [6, 6.07) is 2.15. The summed E-state index contributed by atoms with van der Waals surface area (Å²) >= 11 is 0. The van der Waals surface area contributed by atoms with Gasteiger partial charge in [-0.1, -0.05) is 80.0 Å². The molecule has 8 heteroatoms. The first-order valence-corrected chi connectivity index (χ1v) is 12.2. The summed E-state index contributed by atoms with van der Waals surface area (Å²) in [5.41, 5.74) is 1.92. The number of nitrogens with zero attached hydrogens (tertiary/aromatic N) is 3. The van der Waals surface area contributed by atoms with Crippen LogP contribution in [0.5, 0.6) is 0 Å². The Hall–Kier alpha value is -0.496. The van der Waals surface area contributed by atoms with Crippen molar-refractivity contribution >= 4 is 21.1 Å². The van der Waals surface area contributed by atoms with E-state index in [2.05, 4.69) is 63.7 Å². The van der Waals surface area contributed by atoms with Crippen LogP contribution in [-0.4, -0.2) is 28.7 Å². The summed E-state index contributed by atoms with van der Waals surface area (Å²) in [5, 5.41) is 6.46. The molecule has 6 nitrogen and oxygen atoms in total. The third-order valence-corrected chi connectivity index (χ3v) is 8.11. The molecule has 0 atom stereocenters. The predicted octanol–water partition coefficient (Wildman–Crippen LogP) is 5.46. The van der Waals surface area contributed by atoms with E-state index in [1.165, 1.54) is 0 Å². The summed E-state index contributed by atoms with van der Waals surface area (Å²) in [4.78, 5) is 9.33. The molecule has 0 saturated carbocycles. The SMILES string of the molecule is C.CCc1nc(C)nc2c1cc(C)n2[CH-]C(C)(C)C(C)(C)[C-](C)C(C)(C)CS(N)(=O)=O.[2HH].[Y]. The molecule has 0 aromatic carbocycles. The van der Waals surface area contributed by atoms with Crippen LogP contribution in [0.4, 0.5) is 0 Å². The number of rotatable bonds is 8. The van der Waals surface area contributed by atoms with Gasteiger partial charge in [-0.05, 0) is 18.7 Å². The topological polar surface area (TPSA) is 90.9 Å². The minimum Gasteiger partial charge on any atom is -0.466 e. The Morgan fingerprint density at radius 3 is 2.16 bits per heavy atom. The van der Waals surface area contributed by atoms with Crippen LogP contribution < -0.4 is 5.14 Å². The summed E-state index contributed by atoms with van der Waals surface area (Å²) < 4.78 is 25.8. The van der Waals surface area contributed by atoms with E-state index in [0.717, 1.165) is 40.6 Å². The van der Waals surface area contributed by atoms with Crippen LogP contribution in [0.15, 0.2) is 6.07 Å². The van der Waals surface area contributed by atoms with Gasteiger partial charge in [0, 0.05) is 51.2 Å². The van der Waals surface area contributed by atoms with Gasteiger partial charge in [0.2, 0.25) is 10.0 Å². The second-order valence-electron chi connectivity index (χ2n) is 10.3. The van der Waals surface area contributed by atoms with Crippen LogP contribution in [0.25, 0.3) is 11.0 Å². The van der Waals surface area contributed by atoms with Crippen molar-refractivity contribution in [3.63, 3.8) is 0 Å². The fourth-order valence-corrected chi connectivity index (χ4v) is 5.48. The van der Waals surface area contributed by atoms with Gasteiger partial charge in [-0.15, -0.1) is 12.0 Å². The number of nitrogens with two attached hydrogens (primary N) is 1. The number of hydrogen-bond acceptors (Lipinski definition) is 4. The average molecular weight is 543 g/mol. The Kier molecular flexibility index (Phi) is 10.2. The van der Waals surface area contributed by atoms with Crippen molar-refractivity contribution in [2.24, 2.45) is 21.4 Å². The fraction of sp³-hybridized carbons (Fsp3) is 0.667. The van der Waals surface area contributed by atoms with Crippen molar-refractivity contribution in [2.75, 3.05) is 5.75 Å². The standard InChI is InChI=1S/C23H38N4O2S.CH4.Y.H2/c1-11-19-18-12-15(2)27(20(18)26-17(4)25-19)13-22(7,8)23(9,10)16(3)21(5,6)14-30(24,28)29;;;/h12-13H,11,14H2,1-10H3,(H2,24,28,29);1H4;;1H/q-2;;;/i;;;1+1. The van der Waals surface area contributed by atoms with Crippen molar-refractivity contribution in [1.82, 2.24) is 14.5 Å². The van der Waals surface area contributed by atoms with Gasteiger partial charge in [-0.3, -0.25) is 4.98 Å². The molecule has 1 radical (unpaired) electrons. The molecule has 183 valence electrons. The van der Waals surface area contributed by atoms with Gasteiger partial charge in [0.25, 0.3) is 0 Å². The second kappa shape index (κ2) is 10.4. The van der Waals surface area contributed by atoms with Gasteiger partial charge in [-0.2, -0.15) is 12.3 Å². The fourth-order valence-electron chi connectivity index (χ4n) is 4.26. The molecular formula is C24H44N4O2SY-2. The van der Waals surface area contributed by atoms with E-state index in [1.54, 1.807) is 0 Å². The molecule has 2 heterocycles. The first-order valence-electron chi connectivity index (χ1n) is 10.5. The molecule has 0 aliphatic carbocycles. The minimum atomic E-state index is -3.58. The van der Waals surface area contributed by atoms with Crippen LogP contribution in [0.3, 0.4) is 0 Å². The van der Waals surface area contributed by atoms with Crippen molar-refractivity contribution < 1.29 is 42.6 Å². The molecule has 0 bridgehead atoms. The largest absolute Gasteiger partial charge is 0.466 e. The van der Waals surface area contributed by atoms with Crippen LogP contribution in [0, 0.1) is 42.6 Å². The molecule has 0 spiro atoms. The Bertz CT molecular complexity index is 1050. The number of fused-ring (bicyclic) bond motifs is 1. The van der Waals surface area contributed by atoms with Crippen molar-refractivity contribution in [1.29, 1.82) is 0 Å². The first kappa shape index (κ1) is 31.5. The van der Waals surface area contributed by atoms with E-state index < -0.39 is 15.4 Å². The van der Waals surface area contributed by atoms with Gasteiger partial charge in [0.05, 0.1) is 0 Å². The Balaban J connectivity index is 0. The summed E-state index contributed by atoms with van der Waals surface area (Å²) in [5.74, 6) is 1.78. The third-order valence-electron chi connectivity index (χ3n) is 6.99. The van der Waals surface area contributed by atoms with Gasteiger partial charge in [-0.25, -0.2) is 18.5 Å². The predicted molar refractivity (Wildman–Crippen MR) is 133 cm³/mol. The monoisotopic (exact) mass is 542 g/mol. The number of hydrogen-bond donors (Lipinski definition) is 1. The maximum atomic E-state index is 11.8. The average Bonchev–Trinajstić information content (AvgIpc) is 2.86. The van der Waals surface area contributed by atoms with Gasteiger partial charge >= 0.3 is 0 Å². The second-order valence-corrected chi connectivity index (χ2v) is 11.9. The summed E-state index contributed by atoms with van der Waals surface area (Å²) in [6.45, 7) is 23.0. The van der Waals surface area contributed by atoms with E-state index in [0.29, 0.717) is 0 Å². The normalized spacial score (nSPS) is 13.1.